The van der Waals surface area contributed by atoms with Crippen LogP contribution >= 0.6 is 0 Å². The molecule has 8 N–H and O–H groups in total. The van der Waals surface area contributed by atoms with Gasteiger partial charge >= 0.3 is 0 Å². The molecule has 0 aliphatic carbocycles. The minimum absolute atomic E-state index is 0.169. The summed E-state index contributed by atoms with van der Waals surface area (Å²) in [5.41, 5.74) is 26.6. The summed E-state index contributed by atoms with van der Waals surface area (Å²) in [7, 11) is 0. The summed E-state index contributed by atoms with van der Waals surface area (Å²) in [5.74, 6) is 0.536. The molecule has 6 heteroatoms. The van der Waals surface area contributed by atoms with E-state index in [0.29, 0.717) is 34.0 Å². The van der Waals surface area contributed by atoms with Crippen molar-refractivity contribution in [3.8, 4) is 11.1 Å². The molecule has 0 atom stereocenters. The Morgan fingerprint density at radius 2 is 1.67 bits per heavy atom. The van der Waals surface area contributed by atoms with Gasteiger partial charge in [-0.1, -0.05) is 0 Å². The number of benzene rings is 1. The van der Waals surface area contributed by atoms with Crippen LogP contribution in [-0.2, 0) is 0 Å². The average Bonchev–Trinajstić information content (AvgIpc) is 2.67. The van der Waals surface area contributed by atoms with Crippen LogP contribution in [0.2, 0.25) is 0 Å². The molecule has 2 aromatic rings. The average molecular weight is 246 g/mol. The molecule has 0 spiro atoms. The van der Waals surface area contributed by atoms with Gasteiger partial charge in [-0.25, -0.2) is 4.68 Å². The van der Waals surface area contributed by atoms with Crippen LogP contribution < -0.4 is 22.9 Å². The van der Waals surface area contributed by atoms with E-state index in [-0.39, 0.29) is 6.04 Å². The fourth-order valence-electron chi connectivity index (χ4n) is 1.93. The lowest BCUT2D eigenvalue weighted by Gasteiger charge is -2.12. The summed E-state index contributed by atoms with van der Waals surface area (Å²) in [6.07, 6.45) is 1.66. The van der Waals surface area contributed by atoms with E-state index >= 15 is 0 Å². The van der Waals surface area contributed by atoms with Crippen LogP contribution in [0.1, 0.15) is 19.9 Å². The van der Waals surface area contributed by atoms with Crippen molar-refractivity contribution in [2.75, 3.05) is 22.9 Å². The standard InChI is InChI=1S/C12H18N6/c1-6(2)18-12(16)7(5-17-18)10-8(13)3-4-9(14)11(10)15/h3-6H,13-16H2,1-2H3. The van der Waals surface area contributed by atoms with Gasteiger partial charge in [-0.05, 0) is 26.0 Å². The van der Waals surface area contributed by atoms with Gasteiger partial charge in [-0.3, -0.25) is 0 Å². The Morgan fingerprint density at radius 3 is 2.22 bits per heavy atom. The van der Waals surface area contributed by atoms with Crippen LogP contribution in [0.5, 0.6) is 0 Å². The highest BCUT2D eigenvalue weighted by atomic mass is 15.3. The van der Waals surface area contributed by atoms with Gasteiger partial charge in [0.1, 0.15) is 5.82 Å². The maximum atomic E-state index is 6.07. The molecule has 0 saturated heterocycles. The molecular weight excluding hydrogens is 228 g/mol. The van der Waals surface area contributed by atoms with Crippen molar-refractivity contribution in [3.05, 3.63) is 18.3 Å². The zero-order chi connectivity index (χ0) is 13.4. The first-order chi connectivity index (χ1) is 8.43. The quantitative estimate of drug-likeness (QED) is 0.597. The molecule has 0 unspecified atom stereocenters. The molecule has 1 heterocycles. The molecule has 0 fully saturated rings. The Hall–Kier alpha value is -2.37. The van der Waals surface area contributed by atoms with Gasteiger partial charge in [0.15, 0.2) is 0 Å². The maximum absolute atomic E-state index is 6.07. The van der Waals surface area contributed by atoms with Crippen molar-refractivity contribution in [2.45, 2.75) is 19.9 Å². The van der Waals surface area contributed by atoms with E-state index in [9.17, 15) is 0 Å². The summed E-state index contributed by atoms with van der Waals surface area (Å²) in [5, 5.41) is 4.24. The van der Waals surface area contributed by atoms with Crippen molar-refractivity contribution >= 4 is 22.9 Å². The van der Waals surface area contributed by atoms with Gasteiger partial charge in [-0.2, -0.15) is 5.10 Å². The second-order valence-electron chi connectivity index (χ2n) is 4.51. The van der Waals surface area contributed by atoms with Crippen molar-refractivity contribution in [2.24, 2.45) is 0 Å². The fourth-order valence-corrected chi connectivity index (χ4v) is 1.93. The number of anilines is 4. The van der Waals surface area contributed by atoms with Crippen molar-refractivity contribution in [1.82, 2.24) is 9.78 Å². The molecular formula is C12H18N6. The number of hydrogen-bond donors (Lipinski definition) is 4. The highest BCUT2D eigenvalue weighted by Crippen LogP contribution is 2.38. The molecule has 1 aromatic carbocycles. The second kappa shape index (κ2) is 4.14. The number of nitrogen functional groups attached to an aromatic ring is 4. The zero-order valence-corrected chi connectivity index (χ0v) is 10.5. The highest BCUT2D eigenvalue weighted by Gasteiger charge is 2.17. The van der Waals surface area contributed by atoms with Crippen LogP contribution in [0.3, 0.4) is 0 Å². The van der Waals surface area contributed by atoms with Crippen LogP contribution in [0.4, 0.5) is 22.9 Å². The Kier molecular flexibility index (Phi) is 2.78. The first-order valence-electron chi connectivity index (χ1n) is 5.70. The normalized spacial score (nSPS) is 11.1. The number of rotatable bonds is 2. The molecule has 2 rings (SSSR count). The van der Waals surface area contributed by atoms with Crippen LogP contribution in [0.25, 0.3) is 11.1 Å². The van der Waals surface area contributed by atoms with Crippen LogP contribution in [0.15, 0.2) is 18.3 Å². The molecule has 0 amide bonds. The lowest BCUT2D eigenvalue weighted by atomic mass is 10.0. The minimum Gasteiger partial charge on any atom is -0.398 e. The third-order valence-corrected chi connectivity index (χ3v) is 2.90. The summed E-state index contributed by atoms with van der Waals surface area (Å²) in [4.78, 5) is 0. The van der Waals surface area contributed by atoms with Gasteiger partial charge in [-0.15, -0.1) is 0 Å². The largest absolute Gasteiger partial charge is 0.398 e. The zero-order valence-electron chi connectivity index (χ0n) is 10.5. The van der Waals surface area contributed by atoms with Crippen LogP contribution in [0, 0.1) is 0 Å². The number of hydrogen-bond acceptors (Lipinski definition) is 5. The maximum Gasteiger partial charge on any atom is 0.130 e. The van der Waals surface area contributed by atoms with Gasteiger partial charge in [0.25, 0.3) is 0 Å². The minimum atomic E-state index is 0.169. The molecule has 1 aromatic heterocycles. The third kappa shape index (κ3) is 1.71. The van der Waals surface area contributed by atoms with E-state index in [2.05, 4.69) is 5.10 Å². The first-order valence-corrected chi connectivity index (χ1v) is 5.70. The van der Waals surface area contributed by atoms with E-state index in [1.54, 1.807) is 23.0 Å². The van der Waals surface area contributed by atoms with Gasteiger partial charge < -0.3 is 22.9 Å². The summed E-state index contributed by atoms with van der Waals surface area (Å²) >= 11 is 0. The van der Waals surface area contributed by atoms with E-state index in [0.717, 1.165) is 0 Å². The number of nitrogens with two attached hydrogens (primary N) is 4. The van der Waals surface area contributed by atoms with Crippen molar-refractivity contribution in [1.29, 1.82) is 0 Å². The Labute approximate surface area is 106 Å². The van der Waals surface area contributed by atoms with Crippen molar-refractivity contribution < 1.29 is 0 Å². The predicted molar refractivity (Wildman–Crippen MR) is 75.7 cm³/mol. The van der Waals surface area contributed by atoms with Crippen molar-refractivity contribution in [3.63, 3.8) is 0 Å². The first kappa shape index (κ1) is 12.1. The Bertz CT molecular complexity index is 584. The SMILES string of the molecule is CC(C)n1ncc(-c2c(N)ccc(N)c2N)c1N. The molecule has 0 bridgehead atoms. The molecule has 18 heavy (non-hydrogen) atoms. The lowest BCUT2D eigenvalue weighted by Crippen LogP contribution is -2.07. The highest BCUT2D eigenvalue weighted by molar-refractivity contribution is 5.95. The van der Waals surface area contributed by atoms with E-state index in [1.807, 2.05) is 13.8 Å². The third-order valence-electron chi connectivity index (χ3n) is 2.90. The van der Waals surface area contributed by atoms with E-state index in [1.165, 1.54) is 0 Å². The van der Waals surface area contributed by atoms with Gasteiger partial charge in [0, 0.05) is 22.9 Å². The van der Waals surface area contributed by atoms with Gasteiger partial charge in [0.2, 0.25) is 0 Å². The Balaban J connectivity index is 2.67. The molecule has 0 aliphatic heterocycles. The topological polar surface area (TPSA) is 122 Å². The van der Waals surface area contributed by atoms with E-state index < -0.39 is 0 Å². The van der Waals surface area contributed by atoms with Gasteiger partial charge in [0.05, 0.1) is 17.6 Å². The summed E-state index contributed by atoms with van der Waals surface area (Å²) in [6, 6.07) is 3.56. The molecule has 96 valence electrons. The van der Waals surface area contributed by atoms with Crippen LogP contribution in [-0.4, -0.2) is 9.78 Å². The fraction of sp³-hybridized carbons (Fsp3) is 0.250. The Morgan fingerprint density at radius 1 is 1.06 bits per heavy atom. The summed E-state index contributed by atoms with van der Waals surface area (Å²) < 4.78 is 1.72. The lowest BCUT2D eigenvalue weighted by molar-refractivity contribution is 0.541. The number of nitrogens with zero attached hydrogens (tertiary/aromatic N) is 2. The molecule has 0 radical (unpaired) electrons. The molecule has 0 aliphatic rings. The summed E-state index contributed by atoms with van der Waals surface area (Å²) in [6.45, 7) is 4.00. The molecule has 6 nitrogen and oxygen atoms in total. The number of aromatic nitrogens is 2. The monoisotopic (exact) mass is 246 g/mol. The predicted octanol–water partition coefficient (Wildman–Crippen LogP) is 1.46. The smallest absolute Gasteiger partial charge is 0.130 e. The second-order valence-corrected chi connectivity index (χ2v) is 4.51. The van der Waals surface area contributed by atoms with E-state index in [4.69, 9.17) is 22.9 Å². The molecule has 0 saturated carbocycles.